The molecular weight excluding hydrogens is 364 g/mol. The van der Waals surface area contributed by atoms with Gasteiger partial charge < -0.3 is 0 Å². The highest BCUT2D eigenvalue weighted by Crippen LogP contribution is 2.28. The molecule has 4 nitrogen and oxygen atoms in total. The van der Waals surface area contributed by atoms with Crippen LogP contribution >= 0.6 is 23.1 Å². The number of nitrogens with one attached hydrogen (secondary N) is 1. The van der Waals surface area contributed by atoms with Gasteiger partial charge in [0.2, 0.25) is 5.13 Å². The number of benzene rings is 2. The van der Waals surface area contributed by atoms with E-state index in [4.69, 9.17) is 0 Å². The lowest BCUT2D eigenvalue weighted by Gasteiger charge is -2.02. The third-order valence-corrected chi connectivity index (χ3v) is 5.38. The Bertz CT molecular complexity index is 897. The lowest BCUT2D eigenvalue weighted by Crippen LogP contribution is -2.12. The number of thioether (sulfide) groups is 1. The summed E-state index contributed by atoms with van der Waals surface area (Å²) in [6, 6.07) is 10.5. The van der Waals surface area contributed by atoms with Crippen LogP contribution in [-0.4, -0.2) is 16.1 Å². The molecule has 0 aliphatic rings. The minimum Gasteiger partial charge on any atom is -0.296 e. The molecule has 25 heavy (non-hydrogen) atoms. The molecule has 1 heterocycles. The van der Waals surface area contributed by atoms with E-state index in [-0.39, 0.29) is 11.4 Å². The smallest absolute Gasteiger partial charge is 0.257 e. The zero-order valence-electron chi connectivity index (χ0n) is 13.1. The van der Waals surface area contributed by atoms with Gasteiger partial charge in [-0.1, -0.05) is 41.3 Å². The third kappa shape index (κ3) is 4.61. The SMILES string of the molecule is Cc1ccc(C(=O)Nc2nnc(SCc3ccc(F)cc3)s2)cc1F. The van der Waals surface area contributed by atoms with E-state index in [2.05, 4.69) is 15.5 Å². The summed E-state index contributed by atoms with van der Waals surface area (Å²) in [6.07, 6.45) is 0. The Labute approximate surface area is 151 Å². The van der Waals surface area contributed by atoms with Crippen molar-refractivity contribution in [3.05, 3.63) is 70.8 Å². The molecule has 128 valence electrons. The summed E-state index contributed by atoms with van der Waals surface area (Å²) >= 11 is 2.67. The Kier molecular flexibility index (Phi) is 5.40. The van der Waals surface area contributed by atoms with Crippen molar-refractivity contribution in [1.29, 1.82) is 0 Å². The molecule has 0 spiro atoms. The number of aromatic nitrogens is 2. The molecule has 1 aromatic heterocycles. The number of hydrogen-bond acceptors (Lipinski definition) is 5. The second kappa shape index (κ2) is 7.71. The molecule has 8 heteroatoms. The van der Waals surface area contributed by atoms with Crippen LogP contribution in [0.4, 0.5) is 13.9 Å². The van der Waals surface area contributed by atoms with E-state index in [0.717, 1.165) is 5.56 Å². The van der Waals surface area contributed by atoms with Crippen LogP contribution in [0.15, 0.2) is 46.8 Å². The number of anilines is 1. The molecular formula is C17H13F2N3OS2. The number of hydrogen-bond donors (Lipinski definition) is 1. The van der Waals surface area contributed by atoms with Crippen LogP contribution in [0.2, 0.25) is 0 Å². The summed E-state index contributed by atoms with van der Waals surface area (Å²) in [5.41, 5.74) is 1.66. The topological polar surface area (TPSA) is 54.9 Å². The first-order chi connectivity index (χ1) is 12.0. The second-order valence-electron chi connectivity index (χ2n) is 5.21. The van der Waals surface area contributed by atoms with E-state index in [1.807, 2.05) is 0 Å². The van der Waals surface area contributed by atoms with Gasteiger partial charge in [-0.3, -0.25) is 10.1 Å². The average Bonchev–Trinajstić information content (AvgIpc) is 3.04. The van der Waals surface area contributed by atoms with E-state index < -0.39 is 11.7 Å². The fraction of sp³-hybridized carbons (Fsp3) is 0.118. The maximum atomic E-state index is 13.5. The molecule has 0 unspecified atom stereocenters. The molecule has 0 fully saturated rings. The number of carbonyl (C=O) groups excluding carboxylic acids is 1. The van der Waals surface area contributed by atoms with Gasteiger partial charge in [0, 0.05) is 11.3 Å². The first-order valence-electron chi connectivity index (χ1n) is 7.29. The number of halogens is 2. The molecule has 0 atom stereocenters. The predicted molar refractivity (Wildman–Crippen MR) is 95.0 cm³/mol. The molecule has 2 aromatic carbocycles. The lowest BCUT2D eigenvalue weighted by molar-refractivity contribution is 0.102. The van der Waals surface area contributed by atoms with Gasteiger partial charge in [-0.15, -0.1) is 10.2 Å². The normalized spacial score (nSPS) is 10.7. The third-order valence-electron chi connectivity index (χ3n) is 3.34. The maximum absolute atomic E-state index is 13.5. The van der Waals surface area contributed by atoms with Crippen molar-refractivity contribution in [2.45, 2.75) is 17.0 Å². The standard InChI is InChI=1S/C17H13F2N3OS2/c1-10-2-5-12(8-14(10)19)15(23)20-16-21-22-17(25-16)24-9-11-3-6-13(18)7-4-11/h2-8H,9H2,1H3,(H,20,21,23). The summed E-state index contributed by atoms with van der Waals surface area (Å²) in [7, 11) is 0. The maximum Gasteiger partial charge on any atom is 0.257 e. The van der Waals surface area contributed by atoms with Crippen LogP contribution in [0.3, 0.4) is 0 Å². The molecule has 0 aliphatic carbocycles. The monoisotopic (exact) mass is 377 g/mol. The van der Waals surface area contributed by atoms with Gasteiger partial charge >= 0.3 is 0 Å². The van der Waals surface area contributed by atoms with Crippen molar-refractivity contribution >= 4 is 34.1 Å². The van der Waals surface area contributed by atoms with Crippen molar-refractivity contribution in [3.63, 3.8) is 0 Å². The molecule has 0 aliphatic heterocycles. The Hall–Kier alpha value is -2.32. The minimum atomic E-state index is -0.440. The molecule has 1 amide bonds. The number of rotatable bonds is 5. The highest BCUT2D eigenvalue weighted by Gasteiger charge is 2.12. The molecule has 3 aromatic rings. The zero-order chi connectivity index (χ0) is 17.8. The van der Waals surface area contributed by atoms with Gasteiger partial charge in [0.25, 0.3) is 5.91 Å². The van der Waals surface area contributed by atoms with Crippen LogP contribution in [0.1, 0.15) is 21.5 Å². The first kappa shape index (κ1) is 17.5. The number of nitrogens with zero attached hydrogens (tertiary/aromatic N) is 2. The van der Waals surface area contributed by atoms with Gasteiger partial charge in [-0.05, 0) is 42.3 Å². The van der Waals surface area contributed by atoms with Crippen LogP contribution in [0.5, 0.6) is 0 Å². The number of amides is 1. The fourth-order valence-corrected chi connectivity index (χ4v) is 3.65. The highest BCUT2D eigenvalue weighted by atomic mass is 32.2. The number of carbonyl (C=O) groups is 1. The Morgan fingerprint density at radius 1 is 1.16 bits per heavy atom. The van der Waals surface area contributed by atoms with Crippen LogP contribution in [-0.2, 0) is 5.75 Å². The van der Waals surface area contributed by atoms with E-state index in [0.29, 0.717) is 20.8 Å². The van der Waals surface area contributed by atoms with Crippen molar-refractivity contribution in [2.24, 2.45) is 0 Å². The molecule has 0 saturated carbocycles. The van der Waals surface area contributed by atoms with E-state index in [1.54, 1.807) is 31.2 Å². The lowest BCUT2D eigenvalue weighted by atomic mass is 10.1. The second-order valence-corrected chi connectivity index (χ2v) is 7.41. The summed E-state index contributed by atoms with van der Waals surface area (Å²) in [5.74, 6) is -0.528. The Balaban J connectivity index is 1.60. The Morgan fingerprint density at radius 3 is 2.64 bits per heavy atom. The minimum absolute atomic E-state index is 0.221. The molecule has 0 radical (unpaired) electrons. The van der Waals surface area contributed by atoms with Gasteiger partial charge in [0.05, 0.1) is 0 Å². The van der Waals surface area contributed by atoms with Crippen molar-refractivity contribution in [2.75, 3.05) is 5.32 Å². The average molecular weight is 377 g/mol. The molecule has 3 rings (SSSR count). The molecule has 1 N–H and O–H groups in total. The largest absolute Gasteiger partial charge is 0.296 e. The van der Waals surface area contributed by atoms with Crippen molar-refractivity contribution in [1.82, 2.24) is 10.2 Å². The summed E-state index contributed by atoms with van der Waals surface area (Å²) in [6.45, 7) is 1.63. The summed E-state index contributed by atoms with van der Waals surface area (Å²) in [4.78, 5) is 12.1. The number of aryl methyl sites for hydroxylation is 1. The van der Waals surface area contributed by atoms with Crippen LogP contribution in [0, 0.1) is 18.6 Å². The highest BCUT2D eigenvalue weighted by molar-refractivity contribution is 8.00. The van der Waals surface area contributed by atoms with E-state index in [1.165, 1.54) is 41.3 Å². The van der Waals surface area contributed by atoms with Crippen molar-refractivity contribution in [3.8, 4) is 0 Å². The fourth-order valence-electron chi connectivity index (χ4n) is 1.95. The molecule has 0 saturated heterocycles. The summed E-state index contributed by atoms with van der Waals surface area (Å²) < 4.78 is 27.1. The summed E-state index contributed by atoms with van der Waals surface area (Å²) in [5, 5.41) is 10.9. The van der Waals surface area contributed by atoms with Crippen LogP contribution in [0.25, 0.3) is 0 Å². The van der Waals surface area contributed by atoms with Gasteiger partial charge in [0.1, 0.15) is 11.6 Å². The quantitative estimate of drug-likeness (QED) is 0.519. The van der Waals surface area contributed by atoms with Gasteiger partial charge in [-0.25, -0.2) is 8.78 Å². The first-order valence-corrected chi connectivity index (χ1v) is 9.10. The predicted octanol–water partition coefficient (Wildman–Crippen LogP) is 4.67. The van der Waals surface area contributed by atoms with Crippen LogP contribution < -0.4 is 5.32 Å². The Morgan fingerprint density at radius 2 is 1.92 bits per heavy atom. The van der Waals surface area contributed by atoms with Gasteiger partial charge in [0.15, 0.2) is 4.34 Å². The van der Waals surface area contributed by atoms with E-state index in [9.17, 15) is 13.6 Å². The van der Waals surface area contributed by atoms with Crippen molar-refractivity contribution < 1.29 is 13.6 Å². The molecule has 0 bridgehead atoms. The zero-order valence-corrected chi connectivity index (χ0v) is 14.8. The van der Waals surface area contributed by atoms with Gasteiger partial charge in [-0.2, -0.15) is 0 Å². The van der Waals surface area contributed by atoms with E-state index >= 15 is 0 Å².